The maximum absolute atomic E-state index is 13.0. The Balaban J connectivity index is 1.96. The van der Waals surface area contributed by atoms with Crippen LogP contribution in [0.5, 0.6) is 0 Å². The van der Waals surface area contributed by atoms with Gasteiger partial charge in [0.1, 0.15) is 24.4 Å². The Morgan fingerprint density at radius 1 is 0.472 bits per heavy atom. The molecule has 0 bridgehead atoms. The molecule has 9 heteroatoms. The number of carbonyl (C=O) groups excluding carboxylic acids is 1. The van der Waals surface area contributed by atoms with Gasteiger partial charge in [0.05, 0.1) is 25.4 Å². The van der Waals surface area contributed by atoms with Crippen LogP contribution in [0, 0.1) is 0 Å². The zero-order chi connectivity index (χ0) is 52.2. The second-order valence-electron chi connectivity index (χ2n) is 21.1. The molecule has 0 aromatic carbocycles. The minimum absolute atomic E-state index is 0.187. The number of allylic oxidation sites excluding steroid dienone is 9. The van der Waals surface area contributed by atoms with E-state index in [1.54, 1.807) is 6.08 Å². The number of aliphatic hydroxyl groups excluding tert-OH is 5. The predicted molar refractivity (Wildman–Crippen MR) is 304 cm³/mol. The molecular formula is C63H115NO8. The topological polar surface area (TPSA) is 149 Å². The molecule has 72 heavy (non-hydrogen) atoms. The van der Waals surface area contributed by atoms with E-state index in [1.165, 1.54) is 199 Å². The van der Waals surface area contributed by atoms with Gasteiger partial charge in [0.2, 0.25) is 5.91 Å². The molecule has 1 saturated heterocycles. The van der Waals surface area contributed by atoms with Gasteiger partial charge in [0, 0.05) is 6.42 Å². The van der Waals surface area contributed by atoms with E-state index in [9.17, 15) is 30.3 Å². The summed E-state index contributed by atoms with van der Waals surface area (Å²) in [6, 6.07) is -0.818. The molecule has 0 spiro atoms. The summed E-state index contributed by atoms with van der Waals surface area (Å²) in [7, 11) is 0. The summed E-state index contributed by atoms with van der Waals surface area (Å²) in [6.07, 6.45) is 65.1. The Morgan fingerprint density at radius 2 is 0.847 bits per heavy atom. The van der Waals surface area contributed by atoms with Gasteiger partial charge in [-0.15, -0.1) is 0 Å². The summed E-state index contributed by atoms with van der Waals surface area (Å²) >= 11 is 0. The summed E-state index contributed by atoms with van der Waals surface area (Å²) in [4.78, 5) is 13.0. The molecule has 1 fully saturated rings. The zero-order valence-electron chi connectivity index (χ0n) is 46.7. The summed E-state index contributed by atoms with van der Waals surface area (Å²) in [6.45, 7) is 3.68. The minimum Gasteiger partial charge on any atom is -0.394 e. The highest BCUT2D eigenvalue weighted by Crippen LogP contribution is 2.23. The second kappa shape index (κ2) is 52.3. The molecule has 1 heterocycles. The van der Waals surface area contributed by atoms with Crippen LogP contribution in [0.25, 0.3) is 0 Å². The van der Waals surface area contributed by atoms with E-state index >= 15 is 0 Å². The van der Waals surface area contributed by atoms with Gasteiger partial charge in [-0.3, -0.25) is 4.79 Å². The van der Waals surface area contributed by atoms with E-state index in [1.807, 2.05) is 6.08 Å². The van der Waals surface area contributed by atoms with Crippen molar-refractivity contribution in [2.45, 2.75) is 320 Å². The summed E-state index contributed by atoms with van der Waals surface area (Å²) < 4.78 is 11.2. The summed E-state index contributed by atoms with van der Waals surface area (Å²) in [5.74, 6) is -0.187. The first-order chi connectivity index (χ1) is 35.3. The first-order valence-corrected chi connectivity index (χ1v) is 30.5. The lowest BCUT2D eigenvalue weighted by molar-refractivity contribution is -0.302. The summed E-state index contributed by atoms with van der Waals surface area (Å²) in [5.41, 5.74) is 0. The van der Waals surface area contributed by atoms with E-state index in [0.717, 1.165) is 57.8 Å². The first-order valence-electron chi connectivity index (χ1n) is 30.5. The van der Waals surface area contributed by atoms with Crippen molar-refractivity contribution in [1.82, 2.24) is 5.32 Å². The third-order valence-electron chi connectivity index (χ3n) is 14.3. The lowest BCUT2D eigenvalue weighted by Gasteiger charge is -2.40. The number of aliphatic hydroxyl groups is 5. The number of ether oxygens (including phenoxy) is 2. The average molecular weight is 1010 g/mol. The van der Waals surface area contributed by atoms with Crippen molar-refractivity contribution in [2.24, 2.45) is 0 Å². The monoisotopic (exact) mass is 1010 g/mol. The zero-order valence-corrected chi connectivity index (χ0v) is 46.7. The molecule has 0 radical (unpaired) electrons. The van der Waals surface area contributed by atoms with Gasteiger partial charge in [0.25, 0.3) is 0 Å². The second-order valence-corrected chi connectivity index (χ2v) is 21.1. The number of hydrogen-bond acceptors (Lipinski definition) is 8. The van der Waals surface area contributed by atoms with Crippen molar-refractivity contribution >= 4 is 5.91 Å². The lowest BCUT2D eigenvalue weighted by atomic mass is 9.99. The maximum atomic E-state index is 13.0. The standard InChI is InChI=1S/C63H115NO8/c1-3-5-7-9-11-13-14-15-16-17-18-19-20-21-22-23-24-25-26-27-28-29-30-31-32-33-34-35-36-37-38-39-40-41-42-43-44-45-47-49-51-53-59(67)64-56(57(66)52-50-48-46-12-10-8-6-4-2)55-71-63-62(70)61(69)60(68)58(54-65)72-63/h10,12,14-15,17-18,20-21,50,52,56-58,60-63,65-66,68-70H,3-9,11,13,16,19,22-49,51,53-55H2,1-2H3,(H,64,67)/b12-10+,15-14-,18-17-,21-20-,52-50+. The highest BCUT2D eigenvalue weighted by molar-refractivity contribution is 5.76. The SMILES string of the molecule is CCCC/C=C/CC/C=C/C(O)C(COC1OC(CO)C(O)C(O)C1O)NC(=O)CCCCCCCCCCCCCCCCCCCCCCCCCCCC/C=C\C/C=C\C/C=C\CCCCCCC. The fraction of sp³-hybridized carbons (Fsp3) is 0.825. The van der Waals surface area contributed by atoms with Crippen LogP contribution in [0.4, 0.5) is 0 Å². The number of rotatable bonds is 52. The average Bonchev–Trinajstić information content (AvgIpc) is 3.38. The number of carbonyl (C=O) groups is 1. The number of amides is 1. The number of unbranched alkanes of at least 4 members (excludes halogenated alkanes) is 34. The Labute approximate surface area is 443 Å². The molecule has 1 aliphatic rings. The normalized spacial score (nSPS) is 19.6. The molecule has 1 rings (SSSR count). The molecule has 7 atom stereocenters. The van der Waals surface area contributed by atoms with Crippen LogP contribution in [-0.4, -0.2) is 87.5 Å². The molecule has 0 aromatic rings. The third-order valence-corrected chi connectivity index (χ3v) is 14.3. The van der Waals surface area contributed by atoms with E-state index in [0.29, 0.717) is 6.42 Å². The van der Waals surface area contributed by atoms with Crippen LogP contribution in [0.1, 0.15) is 277 Å². The van der Waals surface area contributed by atoms with Crippen molar-refractivity contribution in [3.63, 3.8) is 0 Å². The van der Waals surface area contributed by atoms with E-state index in [4.69, 9.17) is 9.47 Å². The van der Waals surface area contributed by atoms with Crippen molar-refractivity contribution in [1.29, 1.82) is 0 Å². The van der Waals surface area contributed by atoms with E-state index in [2.05, 4.69) is 67.8 Å². The summed E-state index contributed by atoms with van der Waals surface area (Å²) in [5, 5.41) is 54.1. The molecule has 420 valence electrons. The third kappa shape index (κ3) is 41.2. The van der Waals surface area contributed by atoms with Gasteiger partial charge in [0.15, 0.2) is 6.29 Å². The van der Waals surface area contributed by atoms with Gasteiger partial charge in [-0.2, -0.15) is 0 Å². The van der Waals surface area contributed by atoms with Crippen molar-refractivity contribution in [2.75, 3.05) is 13.2 Å². The molecule has 6 N–H and O–H groups in total. The highest BCUT2D eigenvalue weighted by atomic mass is 16.7. The molecule has 0 saturated carbocycles. The minimum atomic E-state index is -1.57. The van der Waals surface area contributed by atoms with Crippen LogP contribution >= 0.6 is 0 Å². The Kier molecular flexibility index (Phi) is 49.4. The number of hydrogen-bond donors (Lipinski definition) is 6. The number of nitrogens with one attached hydrogen (secondary N) is 1. The Morgan fingerprint density at radius 3 is 1.31 bits per heavy atom. The fourth-order valence-corrected chi connectivity index (χ4v) is 9.46. The quantitative estimate of drug-likeness (QED) is 0.0261. The molecule has 0 aliphatic carbocycles. The van der Waals surface area contributed by atoms with Crippen LogP contribution in [0.15, 0.2) is 60.8 Å². The van der Waals surface area contributed by atoms with Crippen molar-refractivity contribution < 1.29 is 39.8 Å². The van der Waals surface area contributed by atoms with Gasteiger partial charge < -0.3 is 40.3 Å². The Hall–Kier alpha value is -2.11. The van der Waals surface area contributed by atoms with Crippen LogP contribution < -0.4 is 5.32 Å². The molecule has 1 amide bonds. The molecule has 9 nitrogen and oxygen atoms in total. The molecular weight excluding hydrogens is 899 g/mol. The smallest absolute Gasteiger partial charge is 0.220 e. The van der Waals surface area contributed by atoms with E-state index < -0.39 is 49.5 Å². The van der Waals surface area contributed by atoms with Crippen LogP contribution in [0.3, 0.4) is 0 Å². The maximum Gasteiger partial charge on any atom is 0.220 e. The van der Waals surface area contributed by atoms with E-state index in [-0.39, 0.29) is 12.5 Å². The van der Waals surface area contributed by atoms with Gasteiger partial charge >= 0.3 is 0 Å². The molecule has 0 aromatic heterocycles. The van der Waals surface area contributed by atoms with Crippen molar-refractivity contribution in [3.8, 4) is 0 Å². The van der Waals surface area contributed by atoms with Gasteiger partial charge in [-0.1, -0.05) is 267 Å². The fourth-order valence-electron chi connectivity index (χ4n) is 9.46. The molecule has 1 aliphatic heterocycles. The predicted octanol–water partition coefficient (Wildman–Crippen LogP) is 15.5. The Bertz CT molecular complexity index is 1310. The van der Waals surface area contributed by atoms with Gasteiger partial charge in [-0.05, 0) is 64.2 Å². The van der Waals surface area contributed by atoms with Crippen molar-refractivity contribution in [3.05, 3.63) is 60.8 Å². The highest BCUT2D eigenvalue weighted by Gasteiger charge is 2.44. The van der Waals surface area contributed by atoms with Crippen LogP contribution in [0.2, 0.25) is 0 Å². The van der Waals surface area contributed by atoms with Crippen LogP contribution in [-0.2, 0) is 14.3 Å². The lowest BCUT2D eigenvalue weighted by Crippen LogP contribution is -2.60. The first kappa shape index (κ1) is 67.9. The van der Waals surface area contributed by atoms with Gasteiger partial charge in [-0.25, -0.2) is 0 Å². The molecule has 7 unspecified atom stereocenters. The largest absolute Gasteiger partial charge is 0.394 e.